The minimum atomic E-state index is 0.711. The summed E-state index contributed by atoms with van der Waals surface area (Å²) in [7, 11) is 0. The van der Waals surface area contributed by atoms with E-state index in [0.717, 1.165) is 0 Å². The lowest BCUT2D eigenvalue weighted by Crippen LogP contribution is -2.37. The van der Waals surface area contributed by atoms with Gasteiger partial charge in [-0.25, -0.2) is 0 Å². The third-order valence-electron chi connectivity index (χ3n) is 3.65. The van der Waals surface area contributed by atoms with Gasteiger partial charge in [0.1, 0.15) is 0 Å². The van der Waals surface area contributed by atoms with Crippen molar-refractivity contribution in [1.29, 1.82) is 0 Å². The molecule has 1 aromatic rings. The fourth-order valence-electron chi connectivity index (χ4n) is 2.63. The smallest absolute Gasteiger partial charge is 0.0135 e. The first-order valence-corrected chi connectivity index (χ1v) is 7.50. The Morgan fingerprint density at radius 2 is 1.67 bits per heavy atom. The molecule has 0 amide bonds. The number of benzene rings is 1. The molecule has 0 aliphatic rings. The maximum absolute atomic E-state index is 2.64. The summed E-state index contributed by atoms with van der Waals surface area (Å²) in [4.78, 5) is 2.64. The summed E-state index contributed by atoms with van der Waals surface area (Å²) in [6, 6.07) is 9.75. The van der Waals surface area contributed by atoms with E-state index in [0.29, 0.717) is 6.04 Å². The van der Waals surface area contributed by atoms with E-state index in [1.54, 1.807) is 0 Å². The van der Waals surface area contributed by atoms with Gasteiger partial charge in [0.2, 0.25) is 0 Å². The summed E-state index contributed by atoms with van der Waals surface area (Å²) in [6.45, 7) is 11.4. The fraction of sp³-hybridized carbons (Fsp3) is 0.647. The minimum Gasteiger partial charge on any atom is -0.300 e. The normalized spacial score (nSPS) is 12.9. The fourth-order valence-corrected chi connectivity index (χ4v) is 2.63. The van der Waals surface area contributed by atoms with Crippen molar-refractivity contribution in [3.05, 3.63) is 35.4 Å². The molecular weight excluding hydrogens is 218 g/mol. The molecule has 0 bridgehead atoms. The zero-order valence-electron chi connectivity index (χ0n) is 12.6. The standard InChI is InChI=1S/C17H29N/c1-5-8-17(18(7-3)13-6-2)14-16-11-9-15(4)10-12-16/h9-12,17H,5-8,13-14H2,1-4H3. The van der Waals surface area contributed by atoms with E-state index >= 15 is 0 Å². The van der Waals surface area contributed by atoms with Crippen LogP contribution < -0.4 is 0 Å². The summed E-state index contributed by atoms with van der Waals surface area (Å²) in [6.07, 6.45) is 5.03. The van der Waals surface area contributed by atoms with Crippen LogP contribution in [0.4, 0.5) is 0 Å². The predicted molar refractivity (Wildman–Crippen MR) is 81.1 cm³/mol. The lowest BCUT2D eigenvalue weighted by Gasteiger charge is -2.30. The molecular formula is C17H29N. The van der Waals surface area contributed by atoms with Crippen molar-refractivity contribution in [3.8, 4) is 0 Å². The molecule has 1 rings (SSSR count). The Hall–Kier alpha value is -0.820. The van der Waals surface area contributed by atoms with Crippen LogP contribution in [0.3, 0.4) is 0 Å². The van der Waals surface area contributed by atoms with Crippen LogP contribution in [0.1, 0.15) is 51.2 Å². The van der Waals surface area contributed by atoms with Gasteiger partial charge in [-0.1, -0.05) is 57.0 Å². The Kier molecular flexibility index (Phi) is 7.04. The lowest BCUT2D eigenvalue weighted by atomic mass is 9.99. The zero-order chi connectivity index (χ0) is 13.4. The topological polar surface area (TPSA) is 3.24 Å². The Bertz CT molecular complexity index is 315. The molecule has 0 aromatic heterocycles. The number of nitrogens with zero attached hydrogens (tertiary/aromatic N) is 1. The maximum atomic E-state index is 2.64. The molecule has 0 saturated carbocycles. The first-order valence-electron chi connectivity index (χ1n) is 7.50. The van der Waals surface area contributed by atoms with Gasteiger partial charge in [-0.05, 0) is 44.8 Å². The summed E-state index contributed by atoms with van der Waals surface area (Å²) >= 11 is 0. The molecule has 18 heavy (non-hydrogen) atoms. The van der Waals surface area contributed by atoms with Gasteiger partial charge in [0.25, 0.3) is 0 Å². The highest BCUT2D eigenvalue weighted by Gasteiger charge is 2.15. The van der Waals surface area contributed by atoms with Crippen LogP contribution in [-0.4, -0.2) is 24.0 Å². The van der Waals surface area contributed by atoms with Crippen molar-refractivity contribution in [3.63, 3.8) is 0 Å². The molecule has 1 heteroatoms. The zero-order valence-corrected chi connectivity index (χ0v) is 12.6. The molecule has 0 spiro atoms. The Labute approximate surface area is 113 Å². The highest BCUT2D eigenvalue weighted by atomic mass is 15.1. The highest BCUT2D eigenvalue weighted by Crippen LogP contribution is 2.15. The maximum Gasteiger partial charge on any atom is 0.0135 e. The van der Waals surface area contributed by atoms with Crippen LogP contribution in [0.5, 0.6) is 0 Å². The second-order valence-electron chi connectivity index (χ2n) is 5.26. The molecule has 1 aromatic carbocycles. The minimum absolute atomic E-state index is 0.711. The SMILES string of the molecule is CCCC(Cc1ccc(C)cc1)N(CC)CCC. The van der Waals surface area contributed by atoms with Crippen molar-refractivity contribution in [2.75, 3.05) is 13.1 Å². The van der Waals surface area contributed by atoms with Crippen LogP contribution in [-0.2, 0) is 6.42 Å². The van der Waals surface area contributed by atoms with E-state index in [1.807, 2.05) is 0 Å². The van der Waals surface area contributed by atoms with Gasteiger partial charge in [-0.3, -0.25) is 0 Å². The van der Waals surface area contributed by atoms with Gasteiger partial charge in [0, 0.05) is 6.04 Å². The summed E-state index contributed by atoms with van der Waals surface area (Å²) in [5.74, 6) is 0. The number of rotatable bonds is 8. The van der Waals surface area contributed by atoms with Crippen molar-refractivity contribution < 1.29 is 0 Å². The Morgan fingerprint density at radius 3 is 2.17 bits per heavy atom. The monoisotopic (exact) mass is 247 g/mol. The van der Waals surface area contributed by atoms with Gasteiger partial charge in [-0.15, -0.1) is 0 Å². The van der Waals surface area contributed by atoms with Crippen LogP contribution in [0.25, 0.3) is 0 Å². The van der Waals surface area contributed by atoms with Gasteiger partial charge in [0.15, 0.2) is 0 Å². The lowest BCUT2D eigenvalue weighted by molar-refractivity contribution is 0.193. The van der Waals surface area contributed by atoms with Crippen LogP contribution in [0, 0.1) is 6.92 Å². The molecule has 0 N–H and O–H groups in total. The average molecular weight is 247 g/mol. The number of aryl methyl sites for hydroxylation is 1. The third kappa shape index (κ3) is 4.81. The third-order valence-corrected chi connectivity index (χ3v) is 3.65. The second kappa shape index (κ2) is 8.31. The summed E-state index contributed by atoms with van der Waals surface area (Å²) in [5.41, 5.74) is 2.83. The first-order chi connectivity index (χ1) is 8.71. The molecule has 1 unspecified atom stereocenters. The molecule has 1 atom stereocenters. The Morgan fingerprint density at radius 1 is 1.00 bits per heavy atom. The molecule has 1 nitrogen and oxygen atoms in total. The van der Waals surface area contributed by atoms with E-state index in [-0.39, 0.29) is 0 Å². The molecule has 102 valence electrons. The van der Waals surface area contributed by atoms with E-state index in [4.69, 9.17) is 0 Å². The predicted octanol–water partition coefficient (Wildman–Crippen LogP) is 4.44. The van der Waals surface area contributed by atoms with Crippen molar-refractivity contribution in [2.45, 2.75) is 59.4 Å². The van der Waals surface area contributed by atoms with Crippen LogP contribution in [0.15, 0.2) is 24.3 Å². The number of hydrogen-bond acceptors (Lipinski definition) is 1. The number of likely N-dealkylation sites (N-methyl/N-ethyl adjacent to an activating group) is 1. The van der Waals surface area contributed by atoms with Gasteiger partial charge in [0.05, 0.1) is 0 Å². The average Bonchev–Trinajstić information content (AvgIpc) is 2.38. The van der Waals surface area contributed by atoms with Gasteiger partial charge >= 0.3 is 0 Å². The molecule has 0 aliphatic heterocycles. The van der Waals surface area contributed by atoms with E-state index < -0.39 is 0 Å². The molecule has 0 heterocycles. The van der Waals surface area contributed by atoms with Crippen molar-refractivity contribution in [1.82, 2.24) is 4.90 Å². The molecule has 0 radical (unpaired) electrons. The first kappa shape index (κ1) is 15.2. The van der Waals surface area contributed by atoms with Crippen molar-refractivity contribution in [2.24, 2.45) is 0 Å². The molecule has 0 fully saturated rings. The summed E-state index contributed by atoms with van der Waals surface area (Å²) in [5, 5.41) is 0. The Balaban J connectivity index is 2.68. The van der Waals surface area contributed by atoms with E-state index in [1.165, 1.54) is 49.9 Å². The van der Waals surface area contributed by atoms with Crippen molar-refractivity contribution >= 4 is 0 Å². The van der Waals surface area contributed by atoms with Gasteiger partial charge in [-0.2, -0.15) is 0 Å². The molecule has 0 aliphatic carbocycles. The highest BCUT2D eigenvalue weighted by molar-refractivity contribution is 5.22. The second-order valence-corrected chi connectivity index (χ2v) is 5.26. The molecule has 0 saturated heterocycles. The van der Waals surface area contributed by atoms with E-state index in [2.05, 4.69) is 56.9 Å². The number of hydrogen-bond donors (Lipinski definition) is 0. The quantitative estimate of drug-likeness (QED) is 0.656. The van der Waals surface area contributed by atoms with E-state index in [9.17, 15) is 0 Å². The summed E-state index contributed by atoms with van der Waals surface area (Å²) < 4.78 is 0. The largest absolute Gasteiger partial charge is 0.300 e. The van der Waals surface area contributed by atoms with Gasteiger partial charge < -0.3 is 4.90 Å². The van der Waals surface area contributed by atoms with Crippen LogP contribution >= 0.6 is 0 Å². The van der Waals surface area contributed by atoms with Crippen LogP contribution in [0.2, 0.25) is 0 Å².